The normalized spacial score (nSPS) is 10.7. The predicted octanol–water partition coefficient (Wildman–Crippen LogP) is 7.07. The monoisotopic (exact) mass is 606 g/mol. The van der Waals surface area contributed by atoms with E-state index in [0.29, 0.717) is 61.9 Å². The van der Waals surface area contributed by atoms with Gasteiger partial charge < -0.3 is 18.9 Å². The van der Waals surface area contributed by atoms with E-state index in [0.717, 1.165) is 5.56 Å². The molecule has 0 aliphatic carbocycles. The minimum atomic E-state index is -0.409. The van der Waals surface area contributed by atoms with Crippen LogP contribution in [-0.2, 0) is 6.61 Å². The van der Waals surface area contributed by atoms with Crippen LogP contribution in [0.1, 0.15) is 28.4 Å². The number of nitrogens with one attached hydrogen (secondary N) is 1. The standard InChI is InChI=1S/C27H25BrCl2N2O5/c1-4-10-36-23-9-7-18(13-24(23)34-3)27(33)32-31-15-17-11-21(28)26(25(12-17)35-5-2)37-16-19-6-8-20(29)14-22(19)30/h4,6-9,11-15H,1,5,10,16H2,2-3H3,(H,32,33)/b31-15+. The zero-order valence-electron chi connectivity index (χ0n) is 20.2. The Morgan fingerprint density at radius 1 is 1.05 bits per heavy atom. The lowest BCUT2D eigenvalue weighted by Gasteiger charge is -2.15. The summed E-state index contributed by atoms with van der Waals surface area (Å²) in [5, 5.41) is 5.14. The van der Waals surface area contributed by atoms with Gasteiger partial charge in [-0.1, -0.05) is 41.9 Å². The van der Waals surface area contributed by atoms with E-state index >= 15 is 0 Å². The van der Waals surface area contributed by atoms with Gasteiger partial charge in [-0.05, 0) is 70.9 Å². The maximum atomic E-state index is 12.6. The third-order valence-corrected chi connectivity index (χ3v) is 6.06. The number of carbonyl (C=O) groups is 1. The first kappa shape index (κ1) is 28.4. The average Bonchev–Trinajstić information content (AvgIpc) is 2.88. The molecular formula is C27H25BrCl2N2O5. The lowest BCUT2D eigenvalue weighted by Crippen LogP contribution is -2.17. The van der Waals surface area contributed by atoms with Crippen molar-refractivity contribution in [1.29, 1.82) is 0 Å². The molecular weight excluding hydrogens is 583 g/mol. The van der Waals surface area contributed by atoms with Crippen molar-refractivity contribution in [2.24, 2.45) is 5.10 Å². The van der Waals surface area contributed by atoms with Crippen LogP contribution in [0.15, 0.2) is 70.8 Å². The molecule has 0 heterocycles. The fraction of sp³-hybridized carbons (Fsp3) is 0.185. The number of carbonyl (C=O) groups excluding carboxylic acids is 1. The second-order valence-electron chi connectivity index (χ2n) is 7.45. The summed E-state index contributed by atoms with van der Waals surface area (Å²) >= 11 is 15.8. The quantitative estimate of drug-likeness (QED) is 0.135. The first-order chi connectivity index (χ1) is 17.9. The Morgan fingerprint density at radius 2 is 1.86 bits per heavy atom. The van der Waals surface area contributed by atoms with Gasteiger partial charge in [0.25, 0.3) is 5.91 Å². The number of ether oxygens (including phenoxy) is 4. The summed E-state index contributed by atoms with van der Waals surface area (Å²) in [6.45, 7) is 6.46. The number of hydrogen-bond donors (Lipinski definition) is 1. The highest BCUT2D eigenvalue weighted by molar-refractivity contribution is 9.10. The van der Waals surface area contributed by atoms with Gasteiger partial charge >= 0.3 is 0 Å². The van der Waals surface area contributed by atoms with Crippen molar-refractivity contribution in [3.05, 3.63) is 92.4 Å². The highest BCUT2D eigenvalue weighted by atomic mass is 79.9. The van der Waals surface area contributed by atoms with Crippen LogP contribution in [0, 0.1) is 0 Å². The maximum Gasteiger partial charge on any atom is 0.271 e. The molecule has 0 saturated heterocycles. The van der Waals surface area contributed by atoms with E-state index in [1.165, 1.54) is 13.3 Å². The van der Waals surface area contributed by atoms with Crippen molar-refractivity contribution in [1.82, 2.24) is 5.43 Å². The number of halogens is 3. The Hall–Kier alpha value is -3.20. The molecule has 3 rings (SSSR count). The predicted molar refractivity (Wildman–Crippen MR) is 150 cm³/mol. The largest absolute Gasteiger partial charge is 0.493 e. The van der Waals surface area contributed by atoms with Crippen molar-refractivity contribution < 1.29 is 23.7 Å². The van der Waals surface area contributed by atoms with E-state index in [2.05, 4.69) is 33.0 Å². The second kappa shape index (κ2) is 13.9. The van der Waals surface area contributed by atoms with Crippen LogP contribution in [0.5, 0.6) is 23.0 Å². The molecule has 7 nitrogen and oxygen atoms in total. The fourth-order valence-corrected chi connectivity index (χ4v) is 4.20. The smallest absolute Gasteiger partial charge is 0.271 e. The molecule has 194 valence electrons. The molecule has 37 heavy (non-hydrogen) atoms. The summed E-state index contributed by atoms with van der Waals surface area (Å²) in [7, 11) is 1.50. The second-order valence-corrected chi connectivity index (χ2v) is 9.15. The number of benzene rings is 3. The number of rotatable bonds is 12. The molecule has 1 amide bonds. The van der Waals surface area contributed by atoms with Gasteiger partial charge in [0.05, 0.1) is 24.4 Å². The third kappa shape index (κ3) is 7.89. The molecule has 3 aromatic carbocycles. The van der Waals surface area contributed by atoms with Crippen molar-refractivity contribution in [3.8, 4) is 23.0 Å². The molecule has 10 heteroatoms. The number of hydrogen-bond acceptors (Lipinski definition) is 6. The third-order valence-electron chi connectivity index (χ3n) is 4.88. The highest BCUT2D eigenvalue weighted by Gasteiger charge is 2.14. The number of methoxy groups -OCH3 is 1. The number of amides is 1. The van der Waals surface area contributed by atoms with Crippen LogP contribution in [0.2, 0.25) is 10.0 Å². The summed E-state index contributed by atoms with van der Waals surface area (Å²) in [6, 6.07) is 13.6. The van der Waals surface area contributed by atoms with E-state index in [1.807, 2.05) is 6.92 Å². The molecule has 0 saturated carbocycles. The average molecular weight is 608 g/mol. The molecule has 0 aliphatic heterocycles. The Bertz CT molecular complexity index is 1300. The van der Waals surface area contributed by atoms with Gasteiger partial charge in [-0.2, -0.15) is 5.10 Å². The summed E-state index contributed by atoms with van der Waals surface area (Å²) in [4.78, 5) is 12.6. The SMILES string of the molecule is C=CCOc1ccc(C(=O)N/N=C/c2cc(Br)c(OCc3ccc(Cl)cc3Cl)c(OCC)c2)cc1OC. The Kier molecular flexibility index (Phi) is 10.7. The molecule has 0 unspecified atom stereocenters. The fourth-order valence-electron chi connectivity index (χ4n) is 3.16. The van der Waals surface area contributed by atoms with Crippen molar-refractivity contribution >= 4 is 51.3 Å². The topological polar surface area (TPSA) is 78.4 Å². The summed E-state index contributed by atoms with van der Waals surface area (Å²) in [6.07, 6.45) is 3.13. The van der Waals surface area contributed by atoms with Crippen LogP contribution in [0.25, 0.3) is 0 Å². The minimum absolute atomic E-state index is 0.221. The molecule has 0 atom stereocenters. The van der Waals surface area contributed by atoms with E-state index in [4.69, 9.17) is 42.1 Å². The highest BCUT2D eigenvalue weighted by Crippen LogP contribution is 2.37. The van der Waals surface area contributed by atoms with Crippen molar-refractivity contribution in [2.45, 2.75) is 13.5 Å². The van der Waals surface area contributed by atoms with Gasteiger partial charge in [-0.15, -0.1) is 0 Å². The van der Waals surface area contributed by atoms with Gasteiger partial charge in [-0.25, -0.2) is 5.43 Å². The zero-order valence-corrected chi connectivity index (χ0v) is 23.3. The molecule has 0 aromatic heterocycles. The summed E-state index contributed by atoms with van der Waals surface area (Å²) in [5.41, 5.74) is 4.33. The van der Waals surface area contributed by atoms with E-state index in [9.17, 15) is 4.79 Å². The van der Waals surface area contributed by atoms with Crippen LogP contribution < -0.4 is 24.4 Å². The van der Waals surface area contributed by atoms with Crippen LogP contribution in [0.4, 0.5) is 0 Å². The summed E-state index contributed by atoms with van der Waals surface area (Å²) in [5.74, 6) is 1.55. The lowest BCUT2D eigenvalue weighted by molar-refractivity contribution is 0.0954. The number of hydrazone groups is 1. The Balaban J connectivity index is 1.71. The molecule has 0 fully saturated rings. The van der Waals surface area contributed by atoms with Gasteiger partial charge in [0.1, 0.15) is 13.2 Å². The van der Waals surface area contributed by atoms with Crippen molar-refractivity contribution in [3.63, 3.8) is 0 Å². The van der Waals surface area contributed by atoms with Gasteiger partial charge in [0, 0.05) is 21.2 Å². The van der Waals surface area contributed by atoms with Crippen LogP contribution >= 0.6 is 39.1 Å². The van der Waals surface area contributed by atoms with Crippen LogP contribution in [0.3, 0.4) is 0 Å². The molecule has 0 spiro atoms. The number of nitrogens with zero attached hydrogens (tertiary/aromatic N) is 1. The van der Waals surface area contributed by atoms with Gasteiger partial charge in [-0.3, -0.25) is 4.79 Å². The van der Waals surface area contributed by atoms with Crippen LogP contribution in [-0.4, -0.2) is 32.4 Å². The van der Waals surface area contributed by atoms with Crippen molar-refractivity contribution in [2.75, 3.05) is 20.3 Å². The van der Waals surface area contributed by atoms with E-state index in [-0.39, 0.29) is 6.61 Å². The van der Waals surface area contributed by atoms with E-state index in [1.54, 1.807) is 54.6 Å². The van der Waals surface area contributed by atoms with E-state index < -0.39 is 5.91 Å². The summed E-state index contributed by atoms with van der Waals surface area (Å²) < 4.78 is 23.2. The molecule has 0 bridgehead atoms. The first-order valence-corrected chi connectivity index (χ1v) is 12.7. The molecule has 1 N–H and O–H groups in total. The zero-order chi connectivity index (χ0) is 26.8. The maximum absolute atomic E-state index is 12.6. The first-order valence-electron chi connectivity index (χ1n) is 11.1. The Labute approximate surface area is 234 Å². The molecule has 0 radical (unpaired) electrons. The minimum Gasteiger partial charge on any atom is -0.493 e. The Morgan fingerprint density at radius 3 is 2.57 bits per heavy atom. The van der Waals surface area contributed by atoms with Gasteiger partial charge in [0.2, 0.25) is 0 Å². The molecule has 0 aliphatic rings. The molecule has 3 aromatic rings. The lowest BCUT2D eigenvalue weighted by atomic mass is 10.2. The van der Waals surface area contributed by atoms with Gasteiger partial charge in [0.15, 0.2) is 23.0 Å².